The van der Waals surface area contributed by atoms with Crippen LogP contribution in [0.15, 0.2) is 103 Å². The molecular weight excluding hydrogens is 1330 g/mol. The van der Waals surface area contributed by atoms with Crippen molar-refractivity contribution in [1.29, 1.82) is 0 Å². The van der Waals surface area contributed by atoms with E-state index in [0.717, 1.165) is 20.5 Å². The van der Waals surface area contributed by atoms with Gasteiger partial charge in [-0.15, -0.1) is 16.4 Å². The summed E-state index contributed by atoms with van der Waals surface area (Å²) in [7, 11) is 6.06. The first-order valence-electron chi connectivity index (χ1n) is 35.0. The van der Waals surface area contributed by atoms with Crippen molar-refractivity contribution in [2.45, 2.75) is 187 Å². The number of primary amides is 1. The molecule has 6 rings (SSSR count). The standard InChI is InChI=1S/C74H104N12O15S/c1-14-47(8)63(57(98-12)42-59(88)85-38-24-30-56(85)64(99-13)48(9)65(89)80-55(69-76-37-40-102-69)41-49-25-17-15-18-26-49)83(10)72(95)61(45(4)5)82-68(92)62(46(6)7)84(11)74(97)100-43-50-32-34-51(35-33-50)78-66(90)54(29-23-36-77-73(75)96)79-67(91)60(44(2)3)81-58(87)31-19-16-22-39-101-86-70(93)52-27-20-21-28-53(52)71(86)94/h15,17-18,20-21,25-28,32-35,37,40,44-45,47-48,54-57,60-64H,6,14,16,19,22-24,29-31,36,38-39,41-43H2,1-5,7-13H3,(H,78,90)(H,79,91)(H,80,89)(H,81,87)(H,82,92)(H3,75,77,96)/t47-,48+,54-,55-,56-,57+,60-,61-,62-,63-,64+/m0/s1. The Hall–Kier alpha value is -9.12. The van der Waals surface area contributed by atoms with E-state index in [-0.39, 0.29) is 85.9 Å². The Morgan fingerprint density at radius 1 is 0.745 bits per heavy atom. The highest BCUT2D eigenvalue weighted by atomic mass is 32.1. The van der Waals surface area contributed by atoms with Crippen LogP contribution in [0.25, 0.3) is 0 Å². The number of hydrogen-bond acceptors (Lipinski definition) is 17. The average molecular weight is 1430 g/mol. The lowest BCUT2D eigenvalue weighted by molar-refractivity contribution is -0.147. The van der Waals surface area contributed by atoms with Crippen LogP contribution in [0.1, 0.15) is 162 Å². The molecular formula is C74H104N12O15S. The maximum atomic E-state index is 14.9. The monoisotopic (exact) mass is 1430 g/mol. The van der Waals surface area contributed by atoms with Crippen molar-refractivity contribution in [3.05, 3.63) is 130 Å². The van der Waals surface area contributed by atoms with Gasteiger partial charge in [0.1, 0.15) is 35.8 Å². The maximum Gasteiger partial charge on any atom is 0.410 e. The molecule has 28 heteroatoms. The molecule has 2 aliphatic rings. The molecule has 1 fully saturated rings. The molecule has 0 bridgehead atoms. The molecule has 3 heterocycles. The predicted molar refractivity (Wildman–Crippen MR) is 385 cm³/mol. The van der Waals surface area contributed by atoms with Crippen molar-refractivity contribution in [3.63, 3.8) is 0 Å². The number of nitrogens with two attached hydrogens (primary N) is 1. The zero-order chi connectivity index (χ0) is 74.9. The first kappa shape index (κ1) is 81.8. The zero-order valence-electron chi connectivity index (χ0n) is 60.8. The molecule has 2 aliphatic heterocycles. The minimum absolute atomic E-state index is 0.0630. The van der Waals surface area contributed by atoms with E-state index in [9.17, 15) is 52.7 Å². The van der Waals surface area contributed by atoms with Gasteiger partial charge in [-0.25, -0.2) is 14.6 Å². The number of aromatic nitrogens is 1. The number of carbonyl (C=O) groups excluding carboxylic acids is 11. The summed E-state index contributed by atoms with van der Waals surface area (Å²) in [5.74, 6) is -5.95. The van der Waals surface area contributed by atoms with E-state index < -0.39 is 120 Å². The summed E-state index contributed by atoms with van der Waals surface area (Å²) in [4.78, 5) is 164. The Kier molecular flexibility index (Phi) is 32.0. The summed E-state index contributed by atoms with van der Waals surface area (Å²) in [6.45, 7) is 18.8. The lowest BCUT2D eigenvalue weighted by Crippen LogP contribution is -2.60. The molecule has 12 amide bonds. The third-order valence-electron chi connectivity index (χ3n) is 18.7. The molecule has 102 heavy (non-hydrogen) atoms. The van der Waals surface area contributed by atoms with Gasteiger partial charge in [0.15, 0.2) is 0 Å². The number of imide groups is 1. The first-order valence-corrected chi connectivity index (χ1v) is 35.8. The number of amides is 12. The number of unbranched alkanes of at least 4 members (excludes halogenated alkanes) is 2. The summed E-state index contributed by atoms with van der Waals surface area (Å²) < 4.78 is 17.9. The highest BCUT2D eigenvalue weighted by Crippen LogP contribution is 2.32. The number of fused-ring (bicyclic) bond motifs is 1. The van der Waals surface area contributed by atoms with E-state index in [1.165, 1.54) is 25.5 Å². The minimum atomic E-state index is -1.28. The van der Waals surface area contributed by atoms with Crippen molar-refractivity contribution in [2.75, 3.05) is 53.3 Å². The summed E-state index contributed by atoms with van der Waals surface area (Å²) in [6.07, 6.45) is 3.52. The number of anilines is 1. The molecule has 0 radical (unpaired) electrons. The molecule has 0 spiro atoms. The summed E-state index contributed by atoms with van der Waals surface area (Å²) in [5.41, 5.74) is 7.95. The van der Waals surface area contributed by atoms with Crippen LogP contribution in [0, 0.1) is 23.7 Å². The number of hydroxylamine groups is 2. The largest absolute Gasteiger partial charge is 0.445 e. The van der Waals surface area contributed by atoms with Crippen molar-refractivity contribution < 1.29 is 71.8 Å². The second-order valence-corrected chi connectivity index (χ2v) is 27.8. The Bertz CT molecular complexity index is 3470. The Balaban J connectivity index is 1.02. The van der Waals surface area contributed by atoms with E-state index in [0.29, 0.717) is 62.7 Å². The Morgan fingerprint density at radius 2 is 1.40 bits per heavy atom. The van der Waals surface area contributed by atoms with Gasteiger partial charge in [-0.2, -0.15) is 0 Å². The number of likely N-dealkylation sites (tertiary alicyclic amines) is 1. The number of ether oxygens (including phenoxy) is 3. The van der Waals surface area contributed by atoms with E-state index in [1.807, 2.05) is 56.5 Å². The molecule has 11 atom stereocenters. The van der Waals surface area contributed by atoms with Gasteiger partial charge in [-0.3, -0.25) is 52.9 Å². The second-order valence-electron chi connectivity index (χ2n) is 26.9. The van der Waals surface area contributed by atoms with Gasteiger partial charge in [0.05, 0.1) is 60.4 Å². The van der Waals surface area contributed by atoms with E-state index >= 15 is 0 Å². The number of nitrogens with zero attached hydrogens (tertiary/aromatic N) is 5. The van der Waals surface area contributed by atoms with Crippen molar-refractivity contribution >= 4 is 82.3 Å². The number of likely N-dealkylation sites (N-methyl/N-ethyl adjacent to an activating group) is 2. The highest BCUT2D eigenvalue weighted by molar-refractivity contribution is 7.09. The van der Waals surface area contributed by atoms with Gasteiger partial charge in [0.2, 0.25) is 41.4 Å². The number of carbonyl (C=O) groups is 11. The highest BCUT2D eigenvalue weighted by Gasteiger charge is 2.44. The first-order chi connectivity index (χ1) is 48.6. The van der Waals surface area contributed by atoms with Crippen LogP contribution in [0.2, 0.25) is 0 Å². The van der Waals surface area contributed by atoms with Gasteiger partial charge < -0.3 is 61.6 Å². The van der Waals surface area contributed by atoms with Gasteiger partial charge in [-0.1, -0.05) is 122 Å². The van der Waals surface area contributed by atoms with Crippen LogP contribution in [-0.2, 0) is 65.6 Å². The van der Waals surface area contributed by atoms with Crippen LogP contribution in [0.5, 0.6) is 0 Å². The smallest absolute Gasteiger partial charge is 0.410 e. The average Bonchev–Trinajstić information content (AvgIpc) is 1.64. The topological polar surface area (TPSA) is 349 Å². The molecule has 0 saturated carbocycles. The van der Waals surface area contributed by atoms with Crippen molar-refractivity contribution in [3.8, 4) is 0 Å². The van der Waals surface area contributed by atoms with E-state index in [1.54, 1.807) is 113 Å². The number of rotatable bonds is 40. The van der Waals surface area contributed by atoms with Crippen molar-refractivity contribution in [2.24, 2.45) is 29.4 Å². The predicted octanol–water partition coefficient (Wildman–Crippen LogP) is 7.62. The molecule has 556 valence electrons. The zero-order valence-corrected chi connectivity index (χ0v) is 61.6. The number of urea groups is 1. The molecule has 27 nitrogen and oxygen atoms in total. The lowest BCUT2D eigenvalue weighted by Gasteiger charge is -2.41. The maximum absolute atomic E-state index is 14.9. The SMILES string of the molecule is C=C(C)[C@@H](C(=O)N[C@H](C(=O)N(C)[C@@H]([C@@H](C)CC)[C@@H](CC(=O)N1CCC[C@H]1[C@H](OC)[C@@H](C)C(=O)N[C@@H](Cc1ccccc1)c1nccs1)OC)C(C)C)N(C)C(=O)OCc1ccc(NC(=O)[C@H](CCCNC(N)=O)NC(=O)[C@@H](NC(=O)CCCCCON2C(=O)c3ccccc3C2=O)C(C)C)cc1. The quantitative estimate of drug-likeness (QED) is 0.0128. The summed E-state index contributed by atoms with van der Waals surface area (Å²) >= 11 is 1.46. The van der Waals surface area contributed by atoms with Gasteiger partial charge >= 0.3 is 12.1 Å². The van der Waals surface area contributed by atoms with E-state index in [2.05, 4.69) is 43.5 Å². The molecule has 8 N–H and O–H groups in total. The molecule has 0 unspecified atom stereocenters. The van der Waals surface area contributed by atoms with Crippen LogP contribution < -0.4 is 37.6 Å². The number of benzene rings is 3. The van der Waals surface area contributed by atoms with Gasteiger partial charge in [0, 0.05) is 65.1 Å². The van der Waals surface area contributed by atoms with Crippen LogP contribution >= 0.6 is 11.3 Å². The minimum Gasteiger partial charge on any atom is -0.445 e. The normalized spacial score (nSPS) is 16.4. The third kappa shape index (κ3) is 22.7. The van der Waals surface area contributed by atoms with Crippen LogP contribution in [-0.4, -0.2) is 187 Å². The number of nitrogens with one attached hydrogen (secondary N) is 6. The fourth-order valence-corrected chi connectivity index (χ4v) is 13.5. The van der Waals surface area contributed by atoms with Gasteiger partial charge in [0.25, 0.3) is 11.8 Å². The van der Waals surface area contributed by atoms with E-state index in [4.69, 9.17) is 24.8 Å². The second kappa shape index (κ2) is 39.9. The number of thiazole rings is 1. The molecule has 0 aliphatic carbocycles. The fourth-order valence-electron chi connectivity index (χ4n) is 12.9. The summed E-state index contributed by atoms with van der Waals surface area (Å²) in [6, 6.07) is 15.9. The molecule has 4 aromatic rings. The Labute approximate surface area is 602 Å². The van der Waals surface area contributed by atoms with Gasteiger partial charge in [-0.05, 0) is 111 Å². The van der Waals surface area contributed by atoms with Crippen molar-refractivity contribution in [1.82, 2.24) is 51.3 Å². The van der Waals surface area contributed by atoms with Crippen LogP contribution in [0.4, 0.5) is 15.3 Å². The fraction of sp³-hybridized carbons (Fsp3) is 0.541. The number of hydrogen-bond donors (Lipinski definition) is 7. The summed E-state index contributed by atoms with van der Waals surface area (Å²) in [5, 5.41) is 20.3. The lowest BCUT2D eigenvalue weighted by atomic mass is 9.89. The van der Waals surface area contributed by atoms with Crippen LogP contribution in [0.3, 0.4) is 0 Å². The Morgan fingerprint density at radius 3 is 1.99 bits per heavy atom. The molecule has 3 aromatic carbocycles. The molecule has 1 saturated heterocycles. The molecule has 1 aromatic heterocycles. The third-order valence-corrected chi connectivity index (χ3v) is 19.6. The number of methoxy groups -OCH3 is 2.